The molecule has 1 saturated carbocycles. The van der Waals surface area contributed by atoms with E-state index in [4.69, 9.17) is 9.84 Å². The van der Waals surface area contributed by atoms with Crippen molar-refractivity contribution in [2.45, 2.75) is 32.3 Å². The van der Waals surface area contributed by atoms with Gasteiger partial charge in [0.2, 0.25) is 0 Å². The maximum atomic E-state index is 9.09. The van der Waals surface area contributed by atoms with E-state index in [0.29, 0.717) is 24.5 Å². The zero-order valence-corrected chi connectivity index (χ0v) is 7.70. The minimum atomic E-state index is 0.315. The molecule has 0 bridgehead atoms. The van der Waals surface area contributed by atoms with E-state index in [1.807, 2.05) is 0 Å². The summed E-state index contributed by atoms with van der Waals surface area (Å²) in [6.45, 7) is 3.40. The second-order valence-electron chi connectivity index (χ2n) is 4.40. The van der Waals surface area contributed by atoms with Crippen LogP contribution in [0.15, 0.2) is 0 Å². The molecule has 1 aliphatic carbocycles. The van der Waals surface area contributed by atoms with Gasteiger partial charge in [0, 0.05) is 12.5 Å². The van der Waals surface area contributed by atoms with E-state index in [2.05, 4.69) is 6.92 Å². The summed E-state index contributed by atoms with van der Waals surface area (Å²) in [5, 5.41) is 9.09. The van der Waals surface area contributed by atoms with Crippen molar-refractivity contribution in [1.29, 1.82) is 0 Å². The number of ether oxygens (including phenoxy) is 1. The molecule has 12 heavy (non-hydrogen) atoms. The Morgan fingerprint density at radius 1 is 1.42 bits per heavy atom. The van der Waals surface area contributed by atoms with Crippen molar-refractivity contribution in [2.75, 3.05) is 13.2 Å². The number of rotatable bonds is 1. The Morgan fingerprint density at radius 3 is 3.00 bits per heavy atom. The van der Waals surface area contributed by atoms with Crippen LogP contribution in [-0.2, 0) is 4.74 Å². The Kier molecular flexibility index (Phi) is 2.37. The molecular formula is C10H18O2. The van der Waals surface area contributed by atoms with E-state index >= 15 is 0 Å². The van der Waals surface area contributed by atoms with Gasteiger partial charge in [-0.15, -0.1) is 0 Å². The first kappa shape index (κ1) is 8.52. The van der Waals surface area contributed by atoms with Crippen molar-refractivity contribution in [1.82, 2.24) is 0 Å². The lowest BCUT2D eigenvalue weighted by Gasteiger charge is -2.30. The number of aliphatic hydroxyl groups excluding tert-OH is 1. The van der Waals surface area contributed by atoms with Crippen LogP contribution in [0.3, 0.4) is 0 Å². The molecule has 1 aliphatic heterocycles. The Hall–Kier alpha value is -0.0800. The quantitative estimate of drug-likeness (QED) is 0.645. The van der Waals surface area contributed by atoms with Gasteiger partial charge in [-0.05, 0) is 24.7 Å². The minimum absolute atomic E-state index is 0.315. The highest BCUT2D eigenvalue weighted by Gasteiger charge is 2.39. The molecule has 4 atom stereocenters. The first-order chi connectivity index (χ1) is 5.81. The fourth-order valence-electron chi connectivity index (χ4n) is 2.64. The van der Waals surface area contributed by atoms with Crippen LogP contribution < -0.4 is 0 Å². The lowest BCUT2D eigenvalue weighted by molar-refractivity contribution is 0.0493. The second-order valence-corrected chi connectivity index (χ2v) is 4.40. The molecule has 4 unspecified atom stereocenters. The Morgan fingerprint density at radius 2 is 2.25 bits per heavy atom. The molecule has 0 aromatic heterocycles. The molecule has 2 fully saturated rings. The molecule has 1 heterocycles. The third-order valence-electron chi connectivity index (χ3n) is 3.47. The summed E-state index contributed by atoms with van der Waals surface area (Å²) >= 11 is 0. The molecule has 0 amide bonds. The van der Waals surface area contributed by atoms with Gasteiger partial charge < -0.3 is 9.84 Å². The second kappa shape index (κ2) is 3.35. The van der Waals surface area contributed by atoms with E-state index in [1.165, 1.54) is 19.3 Å². The average Bonchev–Trinajstić information content (AvgIpc) is 2.46. The number of aliphatic hydroxyl groups is 1. The van der Waals surface area contributed by atoms with Crippen LogP contribution in [0, 0.1) is 17.8 Å². The SMILES string of the molecule is CC1CCC2C(CO)COC2C1. The van der Waals surface area contributed by atoms with Crippen molar-refractivity contribution in [2.24, 2.45) is 17.8 Å². The van der Waals surface area contributed by atoms with Gasteiger partial charge in [-0.1, -0.05) is 13.3 Å². The first-order valence-corrected chi connectivity index (χ1v) is 5.03. The minimum Gasteiger partial charge on any atom is -0.396 e. The van der Waals surface area contributed by atoms with Crippen molar-refractivity contribution in [3.05, 3.63) is 0 Å². The zero-order valence-electron chi connectivity index (χ0n) is 7.70. The molecule has 0 aromatic carbocycles. The van der Waals surface area contributed by atoms with Crippen LogP contribution in [0.1, 0.15) is 26.2 Å². The molecule has 2 rings (SSSR count). The standard InChI is InChI=1S/C10H18O2/c1-7-2-3-9-8(5-11)6-12-10(9)4-7/h7-11H,2-6H2,1H3. The van der Waals surface area contributed by atoms with Crippen LogP contribution in [0.25, 0.3) is 0 Å². The molecule has 1 saturated heterocycles. The first-order valence-electron chi connectivity index (χ1n) is 5.03. The van der Waals surface area contributed by atoms with E-state index in [9.17, 15) is 0 Å². The van der Waals surface area contributed by atoms with Crippen LogP contribution in [0.4, 0.5) is 0 Å². The van der Waals surface area contributed by atoms with Crippen molar-refractivity contribution >= 4 is 0 Å². The average molecular weight is 170 g/mol. The normalized spacial score (nSPS) is 47.5. The van der Waals surface area contributed by atoms with Gasteiger partial charge in [-0.25, -0.2) is 0 Å². The summed E-state index contributed by atoms with van der Waals surface area (Å²) < 4.78 is 5.67. The highest BCUT2D eigenvalue weighted by molar-refractivity contribution is 4.88. The Bertz CT molecular complexity index is 158. The van der Waals surface area contributed by atoms with Crippen LogP contribution >= 0.6 is 0 Å². The third kappa shape index (κ3) is 1.38. The highest BCUT2D eigenvalue weighted by atomic mass is 16.5. The number of hydrogen-bond donors (Lipinski definition) is 1. The number of fused-ring (bicyclic) bond motifs is 1. The van der Waals surface area contributed by atoms with Crippen LogP contribution in [0.5, 0.6) is 0 Å². The topological polar surface area (TPSA) is 29.5 Å². The van der Waals surface area contributed by atoms with Crippen LogP contribution in [-0.4, -0.2) is 24.4 Å². The van der Waals surface area contributed by atoms with Gasteiger partial charge in [-0.2, -0.15) is 0 Å². The summed E-state index contributed by atoms with van der Waals surface area (Å²) in [4.78, 5) is 0. The van der Waals surface area contributed by atoms with Gasteiger partial charge in [0.05, 0.1) is 12.7 Å². The summed E-state index contributed by atoms with van der Waals surface area (Å²) in [5.74, 6) is 1.91. The maximum absolute atomic E-state index is 9.09. The Balaban J connectivity index is 1.98. The maximum Gasteiger partial charge on any atom is 0.0610 e. The summed E-state index contributed by atoms with van der Waals surface area (Å²) in [5.41, 5.74) is 0. The van der Waals surface area contributed by atoms with Gasteiger partial charge >= 0.3 is 0 Å². The molecular weight excluding hydrogens is 152 g/mol. The van der Waals surface area contributed by atoms with Crippen molar-refractivity contribution < 1.29 is 9.84 Å². The largest absolute Gasteiger partial charge is 0.396 e. The number of hydrogen-bond acceptors (Lipinski definition) is 2. The molecule has 0 aromatic rings. The third-order valence-corrected chi connectivity index (χ3v) is 3.47. The van der Waals surface area contributed by atoms with Gasteiger partial charge in [0.25, 0.3) is 0 Å². The fourth-order valence-corrected chi connectivity index (χ4v) is 2.64. The van der Waals surface area contributed by atoms with Gasteiger partial charge in [-0.3, -0.25) is 0 Å². The van der Waals surface area contributed by atoms with E-state index < -0.39 is 0 Å². The molecule has 2 heteroatoms. The van der Waals surface area contributed by atoms with Crippen LogP contribution in [0.2, 0.25) is 0 Å². The molecule has 0 radical (unpaired) electrons. The zero-order chi connectivity index (χ0) is 8.55. The predicted octanol–water partition coefficient (Wildman–Crippen LogP) is 1.43. The molecule has 1 N–H and O–H groups in total. The lowest BCUT2D eigenvalue weighted by atomic mass is 9.76. The molecule has 2 aliphatic rings. The monoisotopic (exact) mass is 170 g/mol. The van der Waals surface area contributed by atoms with Gasteiger partial charge in [0.1, 0.15) is 0 Å². The van der Waals surface area contributed by atoms with E-state index in [1.54, 1.807) is 0 Å². The van der Waals surface area contributed by atoms with E-state index in [-0.39, 0.29) is 0 Å². The summed E-state index contributed by atoms with van der Waals surface area (Å²) in [6.07, 6.45) is 4.25. The molecule has 2 nitrogen and oxygen atoms in total. The fraction of sp³-hybridized carbons (Fsp3) is 1.00. The lowest BCUT2D eigenvalue weighted by Crippen LogP contribution is -2.29. The molecule has 70 valence electrons. The highest BCUT2D eigenvalue weighted by Crippen LogP contribution is 2.39. The van der Waals surface area contributed by atoms with Gasteiger partial charge in [0.15, 0.2) is 0 Å². The Labute approximate surface area is 73.9 Å². The summed E-state index contributed by atoms with van der Waals surface area (Å²) in [7, 11) is 0. The van der Waals surface area contributed by atoms with Crippen molar-refractivity contribution in [3.63, 3.8) is 0 Å². The predicted molar refractivity (Wildman–Crippen MR) is 46.8 cm³/mol. The molecule has 0 spiro atoms. The summed E-state index contributed by atoms with van der Waals surface area (Å²) in [6, 6.07) is 0. The van der Waals surface area contributed by atoms with Crippen molar-refractivity contribution in [3.8, 4) is 0 Å². The smallest absolute Gasteiger partial charge is 0.0610 e. The van der Waals surface area contributed by atoms with E-state index in [0.717, 1.165) is 12.5 Å².